The standard InChI is InChI=1S/C36H40ClN3O5S/c1-5-45-34-18-12-11-17-32(34)40(46(43,44)30-21-19-27(4)20-22-30)25-35(41)39(24-29-15-9-10-16-31(29)37)33(36(42)38-26(2)3)23-28-13-7-6-8-14-28/h6-22,26,33H,5,23-25H2,1-4H3,(H,38,42)/t33-/m1/s1. The molecule has 0 aliphatic heterocycles. The Bertz CT molecular complexity index is 1730. The first-order valence-corrected chi connectivity index (χ1v) is 17.0. The highest BCUT2D eigenvalue weighted by Crippen LogP contribution is 2.33. The van der Waals surface area contributed by atoms with E-state index in [2.05, 4.69) is 5.32 Å². The average Bonchev–Trinajstić information content (AvgIpc) is 3.03. The van der Waals surface area contributed by atoms with Crippen LogP contribution in [-0.2, 0) is 32.6 Å². The van der Waals surface area contributed by atoms with Crippen LogP contribution in [0.1, 0.15) is 37.5 Å². The van der Waals surface area contributed by atoms with Gasteiger partial charge in [-0.2, -0.15) is 0 Å². The Morgan fingerprint density at radius 2 is 1.50 bits per heavy atom. The van der Waals surface area contributed by atoms with E-state index in [9.17, 15) is 18.0 Å². The van der Waals surface area contributed by atoms with Gasteiger partial charge in [-0.05, 0) is 69.2 Å². The third-order valence-corrected chi connectivity index (χ3v) is 9.46. The Labute approximate surface area is 277 Å². The van der Waals surface area contributed by atoms with E-state index in [1.807, 2.05) is 51.1 Å². The van der Waals surface area contributed by atoms with Crippen molar-refractivity contribution in [3.63, 3.8) is 0 Å². The molecule has 0 saturated carbocycles. The van der Waals surface area contributed by atoms with Crippen LogP contribution in [0.15, 0.2) is 108 Å². The Kier molecular flexibility index (Phi) is 11.8. The molecule has 0 heterocycles. The van der Waals surface area contributed by atoms with Crippen molar-refractivity contribution in [2.24, 2.45) is 0 Å². The van der Waals surface area contributed by atoms with E-state index < -0.39 is 28.5 Å². The number of nitrogens with one attached hydrogen (secondary N) is 1. The predicted octanol–water partition coefficient (Wildman–Crippen LogP) is 6.41. The topological polar surface area (TPSA) is 96.0 Å². The second-order valence-electron chi connectivity index (χ2n) is 11.2. The number of carbonyl (C=O) groups is 2. The first-order valence-electron chi connectivity index (χ1n) is 15.2. The minimum atomic E-state index is -4.27. The quantitative estimate of drug-likeness (QED) is 0.169. The maximum absolute atomic E-state index is 14.6. The molecule has 4 aromatic rings. The van der Waals surface area contributed by atoms with Crippen molar-refractivity contribution < 1.29 is 22.7 Å². The van der Waals surface area contributed by atoms with E-state index in [4.69, 9.17) is 16.3 Å². The third-order valence-electron chi connectivity index (χ3n) is 7.32. The Balaban J connectivity index is 1.85. The molecule has 0 radical (unpaired) electrons. The van der Waals surface area contributed by atoms with Gasteiger partial charge >= 0.3 is 0 Å². The highest BCUT2D eigenvalue weighted by Gasteiger charge is 2.36. The smallest absolute Gasteiger partial charge is 0.264 e. The number of nitrogens with zero attached hydrogens (tertiary/aromatic N) is 2. The maximum atomic E-state index is 14.6. The van der Waals surface area contributed by atoms with Crippen LogP contribution in [0.3, 0.4) is 0 Å². The number of anilines is 1. The number of amides is 2. The lowest BCUT2D eigenvalue weighted by Crippen LogP contribution is -2.54. The summed E-state index contributed by atoms with van der Waals surface area (Å²) in [5.41, 5.74) is 2.56. The predicted molar refractivity (Wildman–Crippen MR) is 183 cm³/mol. The highest BCUT2D eigenvalue weighted by molar-refractivity contribution is 7.92. The van der Waals surface area contributed by atoms with Crippen LogP contribution >= 0.6 is 11.6 Å². The number of hydrogen-bond acceptors (Lipinski definition) is 5. The van der Waals surface area contributed by atoms with Crippen LogP contribution in [0, 0.1) is 6.92 Å². The van der Waals surface area contributed by atoms with Gasteiger partial charge in [-0.25, -0.2) is 8.42 Å². The summed E-state index contributed by atoms with van der Waals surface area (Å²) in [6.07, 6.45) is 0.204. The molecule has 0 aromatic heterocycles. The zero-order chi connectivity index (χ0) is 33.3. The molecular weight excluding hydrogens is 622 g/mol. The maximum Gasteiger partial charge on any atom is 0.264 e. The average molecular weight is 662 g/mol. The lowest BCUT2D eigenvalue weighted by Gasteiger charge is -2.34. The molecule has 1 atom stereocenters. The second-order valence-corrected chi connectivity index (χ2v) is 13.5. The van der Waals surface area contributed by atoms with E-state index in [0.29, 0.717) is 16.3 Å². The van der Waals surface area contributed by atoms with E-state index in [-0.39, 0.29) is 42.1 Å². The summed E-state index contributed by atoms with van der Waals surface area (Å²) < 4.78 is 35.5. The van der Waals surface area contributed by atoms with Crippen LogP contribution in [0.2, 0.25) is 5.02 Å². The van der Waals surface area contributed by atoms with Gasteiger partial charge in [0, 0.05) is 24.0 Å². The molecule has 0 fully saturated rings. The van der Waals surface area contributed by atoms with Gasteiger partial charge in [0.2, 0.25) is 11.8 Å². The van der Waals surface area contributed by atoms with Crippen molar-refractivity contribution in [1.29, 1.82) is 0 Å². The van der Waals surface area contributed by atoms with Gasteiger partial charge in [-0.15, -0.1) is 0 Å². The van der Waals surface area contributed by atoms with Gasteiger partial charge in [-0.1, -0.05) is 90.0 Å². The molecular formula is C36H40ClN3O5S. The molecule has 0 aliphatic rings. The number of aryl methyl sites for hydroxylation is 1. The van der Waals surface area contributed by atoms with Crippen LogP contribution in [0.5, 0.6) is 5.75 Å². The summed E-state index contributed by atoms with van der Waals surface area (Å²) in [6.45, 7) is 7.03. The summed E-state index contributed by atoms with van der Waals surface area (Å²) in [7, 11) is -4.27. The Morgan fingerprint density at radius 1 is 0.870 bits per heavy atom. The number of halogens is 1. The van der Waals surface area contributed by atoms with E-state index in [1.165, 1.54) is 17.0 Å². The molecule has 2 amide bonds. The van der Waals surface area contributed by atoms with E-state index >= 15 is 0 Å². The summed E-state index contributed by atoms with van der Waals surface area (Å²) in [4.78, 5) is 29.9. The molecule has 4 aromatic carbocycles. The fourth-order valence-electron chi connectivity index (χ4n) is 5.04. The summed E-state index contributed by atoms with van der Waals surface area (Å²) in [6, 6.07) is 28.5. The van der Waals surface area contributed by atoms with Crippen molar-refractivity contribution in [3.05, 3.63) is 125 Å². The lowest BCUT2D eigenvalue weighted by atomic mass is 10.0. The molecule has 0 spiro atoms. The third kappa shape index (κ3) is 8.68. The largest absolute Gasteiger partial charge is 0.492 e. The molecule has 4 rings (SSSR count). The number of rotatable bonds is 14. The molecule has 242 valence electrons. The van der Waals surface area contributed by atoms with Crippen molar-refractivity contribution in [3.8, 4) is 5.75 Å². The van der Waals surface area contributed by atoms with E-state index in [1.54, 1.807) is 67.6 Å². The highest BCUT2D eigenvalue weighted by atomic mass is 35.5. The van der Waals surface area contributed by atoms with Crippen molar-refractivity contribution in [2.75, 3.05) is 17.5 Å². The molecule has 0 unspecified atom stereocenters. The number of ether oxygens (including phenoxy) is 1. The molecule has 46 heavy (non-hydrogen) atoms. The molecule has 0 saturated heterocycles. The molecule has 0 bridgehead atoms. The summed E-state index contributed by atoms with van der Waals surface area (Å²) in [5.74, 6) is -0.631. The van der Waals surface area contributed by atoms with Gasteiger partial charge in [0.1, 0.15) is 18.3 Å². The number of benzene rings is 4. The van der Waals surface area contributed by atoms with Gasteiger partial charge in [-0.3, -0.25) is 13.9 Å². The second kappa shape index (κ2) is 15.8. The lowest BCUT2D eigenvalue weighted by molar-refractivity contribution is -0.140. The zero-order valence-electron chi connectivity index (χ0n) is 26.5. The SMILES string of the molecule is CCOc1ccccc1N(CC(=O)N(Cc1ccccc1Cl)[C@H](Cc1ccccc1)C(=O)NC(C)C)S(=O)(=O)c1ccc(C)cc1. The van der Waals surface area contributed by atoms with Crippen molar-refractivity contribution >= 4 is 39.1 Å². The fourth-order valence-corrected chi connectivity index (χ4v) is 6.66. The van der Waals surface area contributed by atoms with Gasteiger partial charge < -0.3 is 15.0 Å². The van der Waals surface area contributed by atoms with Crippen LogP contribution in [0.25, 0.3) is 0 Å². The van der Waals surface area contributed by atoms with Crippen molar-refractivity contribution in [2.45, 2.75) is 57.6 Å². The summed E-state index contributed by atoms with van der Waals surface area (Å²) >= 11 is 6.56. The first-order chi connectivity index (χ1) is 22.0. The monoisotopic (exact) mass is 661 g/mol. The Hall–Kier alpha value is -4.34. The van der Waals surface area contributed by atoms with Gasteiger partial charge in [0.15, 0.2) is 0 Å². The molecule has 1 N–H and O–H groups in total. The number of sulfonamides is 1. The molecule has 10 heteroatoms. The normalized spacial score (nSPS) is 12.0. The zero-order valence-corrected chi connectivity index (χ0v) is 28.1. The number of para-hydroxylation sites is 2. The summed E-state index contributed by atoms with van der Waals surface area (Å²) in [5, 5.41) is 3.38. The van der Waals surface area contributed by atoms with Gasteiger partial charge in [0.05, 0.1) is 17.2 Å². The van der Waals surface area contributed by atoms with Crippen LogP contribution in [0.4, 0.5) is 5.69 Å². The minimum Gasteiger partial charge on any atom is -0.492 e. The minimum absolute atomic E-state index is 0.0208. The molecule has 8 nitrogen and oxygen atoms in total. The number of hydrogen-bond donors (Lipinski definition) is 1. The fraction of sp³-hybridized carbons (Fsp3) is 0.278. The Morgan fingerprint density at radius 3 is 2.15 bits per heavy atom. The van der Waals surface area contributed by atoms with Crippen LogP contribution < -0.4 is 14.4 Å². The van der Waals surface area contributed by atoms with Crippen molar-refractivity contribution in [1.82, 2.24) is 10.2 Å². The molecule has 0 aliphatic carbocycles. The van der Waals surface area contributed by atoms with Crippen LogP contribution in [-0.4, -0.2) is 50.4 Å². The first kappa shape index (κ1) is 34.5. The number of carbonyl (C=O) groups excluding carboxylic acids is 2. The van der Waals surface area contributed by atoms with Gasteiger partial charge in [0.25, 0.3) is 10.0 Å². The van der Waals surface area contributed by atoms with E-state index in [0.717, 1.165) is 15.4 Å².